The zero-order chi connectivity index (χ0) is 24.9. The normalized spacial score (nSPS) is 11.8. The number of ether oxygens (including phenoxy) is 1. The highest BCUT2D eigenvalue weighted by Crippen LogP contribution is 2.53. The van der Waals surface area contributed by atoms with Crippen molar-refractivity contribution in [3.8, 4) is 11.5 Å². The lowest BCUT2D eigenvalue weighted by molar-refractivity contribution is -0.137. The van der Waals surface area contributed by atoms with E-state index in [9.17, 15) is 14.2 Å². The van der Waals surface area contributed by atoms with Crippen LogP contribution >= 0.6 is 7.60 Å². The largest absolute Gasteiger partial charge is 0.481 e. The van der Waals surface area contributed by atoms with Crippen molar-refractivity contribution in [3.05, 3.63) is 96.6 Å². The van der Waals surface area contributed by atoms with Gasteiger partial charge in [-0.1, -0.05) is 73.2 Å². The predicted molar refractivity (Wildman–Crippen MR) is 131 cm³/mol. The third-order valence-corrected chi connectivity index (χ3v) is 7.03. The van der Waals surface area contributed by atoms with Crippen molar-refractivity contribution >= 4 is 19.7 Å². The van der Waals surface area contributed by atoms with Gasteiger partial charge in [-0.15, -0.1) is 0 Å². The molecule has 0 spiro atoms. The molecule has 0 heterocycles. The highest BCUT2D eigenvalue weighted by molar-refractivity contribution is 7.55. The van der Waals surface area contributed by atoms with E-state index in [2.05, 4.69) is 5.32 Å². The van der Waals surface area contributed by atoms with Gasteiger partial charge in [-0.05, 0) is 42.7 Å². The van der Waals surface area contributed by atoms with Crippen molar-refractivity contribution < 1.29 is 33.0 Å². The average Bonchev–Trinajstić information content (AvgIpc) is 2.86. The van der Waals surface area contributed by atoms with Crippen LogP contribution in [0.1, 0.15) is 31.2 Å². The molecular weight excluding hydrogens is 469 g/mol. The lowest BCUT2D eigenvalue weighted by atomic mass is 10.2. The summed E-state index contributed by atoms with van der Waals surface area (Å²) in [5, 5.41) is 11.6. The molecule has 0 bridgehead atoms. The Morgan fingerprint density at radius 3 is 1.83 bits per heavy atom. The zero-order valence-corrected chi connectivity index (χ0v) is 20.0. The maximum atomic E-state index is 14.2. The van der Waals surface area contributed by atoms with Gasteiger partial charge in [-0.3, -0.25) is 4.79 Å². The summed E-state index contributed by atoms with van der Waals surface area (Å²) in [6, 6.07) is 26.2. The van der Waals surface area contributed by atoms with Gasteiger partial charge in [0.05, 0.1) is 0 Å². The summed E-state index contributed by atoms with van der Waals surface area (Å²) in [7, 11) is -4.05. The van der Waals surface area contributed by atoms with Gasteiger partial charge >= 0.3 is 19.7 Å². The Bertz CT molecular complexity index is 1060. The Morgan fingerprint density at radius 2 is 1.31 bits per heavy atom. The van der Waals surface area contributed by atoms with E-state index >= 15 is 0 Å². The molecule has 8 nitrogen and oxygen atoms in total. The molecule has 1 atom stereocenters. The fourth-order valence-corrected chi connectivity index (χ4v) is 5.11. The number of carboxylic acids is 1. The second-order valence-electron chi connectivity index (χ2n) is 7.71. The molecule has 9 heteroatoms. The van der Waals surface area contributed by atoms with Crippen LogP contribution in [0, 0.1) is 0 Å². The summed E-state index contributed by atoms with van der Waals surface area (Å²) in [5.41, 5.74) is 0.796. The van der Waals surface area contributed by atoms with Crippen molar-refractivity contribution in [2.24, 2.45) is 0 Å². The van der Waals surface area contributed by atoms with Gasteiger partial charge in [0, 0.05) is 6.42 Å². The van der Waals surface area contributed by atoms with Gasteiger partial charge in [0.1, 0.15) is 18.1 Å². The molecule has 35 heavy (non-hydrogen) atoms. The maximum Gasteiger partial charge on any atom is 0.453 e. The summed E-state index contributed by atoms with van der Waals surface area (Å²) >= 11 is 0. The van der Waals surface area contributed by atoms with Crippen LogP contribution in [0.4, 0.5) is 4.79 Å². The first kappa shape index (κ1) is 25.8. The zero-order valence-electron chi connectivity index (χ0n) is 19.1. The summed E-state index contributed by atoms with van der Waals surface area (Å²) in [6.07, 6.45) is 0.0317. The summed E-state index contributed by atoms with van der Waals surface area (Å²) in [6.45, 7) is 0.0296. The molecule has 0 saturated heterocycles. The van der Waals surface area contributed by atoms with Crippen LogP contribution in [-0.4, -0.2) is 23.0 Å². The van der Waals surface area contributed by atoms with Crippen LogP contribution in [0.25, 0.3) is 0 Å². The number of alkyl carbamates (subject to hydrolysis) is 1. The first-order chi connectivity index (χ1) is 16.9. The summed E-state index contributed by atoms with van der Waals surface area (Å²) in [4.78, 5) is 23.6. The molecule has 0 aliphatic rings. The Balaban J connectivity index is 1.81. The first-order valence-electron chi connectivity index (χ1n) is 11.2. The van der Waals surface area contributed by atoms with Crippen molar-refractivity contribution in [1.29, 1.82) is 0 Å². The van der Waals surface area contributed by atoms with Gasteiger partial charge in [0.15, 0.2) is 5.78 Å². The van der Waals surface area contributed by atoms with E-state index in [1.54, 1.807) is 60.7 Å². The maximum absolute atomic E-state index is 14.2. The monoisotopic (exact) mass is 497 g/mol. The number of aliphatic carboxylic acids is 1. The second kappa shape index (κ2) is 13.2. The third kappa shape index (κ3) is 8.83. The van der Waals surface area contributed by atoms with Crippen LogP contribution in [-0.2, 0) is 20.7 Å². The Morgan fingerprint density at radius 1 is 0.800 bits per heavy atom. The molecular formula is C26H28NO7P. The Hall–Kier alpha value is -3.77. The number of para-hydroxylation sites is 2. The van der Waals surface area contributed by atoms with E-state index < -0.39 is 25.4 Å². The van der Waals surface area contributed by atoms with Gasteiger partial charge in [0.25, 0.3) is 0 Å². The van der Waals surface area contributed by atoms with Gasteiger partial charge in [-0.2, -0.15) is 0 Å². The number of carbonyl (C=O) groups excluding carboxylic acids is 1. The van der Waals surface area contributed by atoms with Crippen molar-refractivity contribution in [2.45, 2.75) is 38.1 Å². The smallest absolute Gasteiger partial charge is 0.453 e. The number of hydrogen-bond donors (Lipinski definition) is 2. The minimum Gasteiger partial charge on any atom is -0.481 e. The number of nitrogens with one attached hydrogen (secondary N) is 1. The van der Waals surface area contributed by atoms with E-state index in [4.69, 9.17) is 18.9 Å². The topological polar surface area (TPSA) is 111 Å². The molecule has 0 aliphatic heterocycles. The summed E-state index contributed by atoms with van der Waals surface area (Å²) < 4.78 is 31.2. The molecule has 0 fully saturated rings. The van der Waals surface area contributed by atoms with Crippen LogP contribution < -0.4 is 14.4 Å². The van der Waals surface area contributed by atoms with Gasteiger partial charge < -0.3 is 24.2 Å². The van der Waals surface area contributed by atoms with Crippen LogP contribution in [0.5, 0.6) is 11.5 Å². The third-order valence-electron chi connectivity index (χ3n) is 4.95. The van der Waals surface area contributed by atoms with Crippen LogP contribution in [0.2, 0.25) is 0 Å². The number of amides is 1. The second-order valence-corrected chi connectivity index (χ2v) is 9.78. The first-order valence-corrected chi connectivity index (χ1v) is 12.8. The van der Waals surface area contributed by atoms with Crippen LogP contribution in [0.15, 0.2) is 91.0 Å². The van der Waals surface area contributed by atoms with E-state index in [1.807, 2.05) is 30.3 Å². The predicted octanol–water partition coefficient (Wildman–Crippen LogP) is 6.24. The molecule has 3 rings (SSSR count). The lowest BCUT2D eigenvalue weighted by Gasteiger charge is -2.28. The molecule has 1 unspecified atom stereocenters. The molecule has 1 amide bonds. The minimum atomic E-state index is -4.05. The van der Waals surface area contributed by atoms with Crippen molar-refractivity contribution in [1.82, 2.24) is 5.32 Å². The quantitative estimate of drug-likeness (QED) is 0.213. The number of rotatable bonds is 13. The molecule has 0 saturated carbocycles. The minimum absolute atomic E-state index is 0.0296. The molecule has 3 aromatic carbocycles. The van der Waals surface area contributed by atoms with E-state index in [1.165, 1.54) is 0 Å². The number of carboxylic acid groups (broad SMARTS) is 1. The number of benzene rings is 3. The van der Waals surface area contributed by atoms with Crippen molar-refractivity contribution in [2.75, 3.05) is 0 Å². The van der Waals surface area contributed by atoms with Crippen LogP contribution in [0.3, 0.4) is 0 Å². The Labute approximate surface area is 204 Å². The fraction of sp³-hybridized carbons (Fsp3) is 0.231. The highest BCUT2D eigenvalue weighted by atomic mass is 31.2. The Kier molecular flexibility index (Phi) is 9.75. The molecule has 0 aromatic heterocycles. The molecule has 0 radical (unpaired) electrons. The number of unbranched alkanes of at least 4 members (excludes halogenated alkanes) is 1. The van der Waals surface area contributed by atoms with Gasteiger partial charge in [0.2, 0.25) is 0 Å². The molecule has 184 valence electrons. The van der Waals surface area contributed by atoms with Crippen molar-refractivity contribution in [3.63, 3.8) is 0 Å². The SMILES string of the molecule is O=C(O)CCCCC(NC(=O)OCc1ccccc1)P(=O)(Oc1ccccc1)Oc1ccccc1. The standard InChI is InChI=1S/C26H28NO7P/c28-25(29)19-11-10-18-24(27-26(30)32-20-21-12-4-1-5-13-21)35(31,33-22-14-6-2-7-15-22)34-23-16-8-3-9-17-23/h1-9,12-17,24H,10-11,18-20H2,(H,27,30)(H,28,29). The highest BCUT2D eigenvalue weighted by Gasteiger charge is 2.40. The van der Waals surface area contributed by atoms with E-state index in [0.717, 1.165) is 5.56 Å². The van der Waals surface area contributed by atoms with E-state index in [-0.39, 0.29) is 19.4 Å². The molecule has 3 aromatic rings. The average molecular weight is 497 g/mol. The molecule has 0 aliphatic carbocycles. The van der Waals surface area contributed by atoms with E-state index in [0.29, 0.717) is 24.3 Å². The number of carbonyl (C=O) groups is 2. The number of hydrogen-bond acceptors (Lipinski definition) is 6. The van der Waals surface area contributed by atoms with Gasteiger partial charge in [-0.25, -0.2) is 9.36 Å². The molecule has 2 N–H and O–H groups in total. The summed E-state index contributed by atoms with van der Waals surface area (Å²) in [5.74, 6) is -1.40. The fourth-order valence-electron chi connectivity index (χ4n) is 3.23. The lowest BCUT2D eigenvalue weighted by Crippen LogP contribution is -2.37.